The van der Waals surface area contributed by atoms with Crippen LogP contribution in [-0.4, -0.2) is 230 Å². The van der Waals surface area contributed by atoms with Crippen LogP contribution >= 0.6 is 0 Å². The lowest BCUT2D eigenvalue weighted by Crippen LogP contribution is -2.62. The Morgan fingerprint density at radius 1 is 0.648 bits per heavy atom. The number of likely N-dealkylation sites (tertiary alicyclic amines) is 1. The van der Waals surface area contributed by atoms with Gasteiger partial charge in [0.2, 0.25) is 70.9 Å². The summed E-state index contributed by atoms with van der Waals surface area (Å²) < 4.78 is 0. The molecule has 33 nitrogen and oxygen atoms in total. The molecule has 0 bridgehead atoms. The minimum absolute atomic E-state index is 0.110. The molecule has 0 aromatic carbocycles. The molecule has 0 aromatic heterocycles. The second kappa shape index (κ2) is 37.4. The first kappa shape index (κ1) is 76.5. The number of nitrogens with zero attached hydrogens (tertiary/aromatic N) is 3. The Morgan fingerprint density at radius 3 is 1.79 bits per heavy atom. The van der Waals surface area contributed by atoms with Crippen LogP contribution in [0.15, 0.2) is 12.2 Å². The van der Waals surface area contributed by atoms with E-state index in [-0.39, 0.29) is 25.3 Å². The number of fused-ring (bicyclic) bond motifs is 1. The summed E-state index contributed by atoms with van der Waals surface area (Å²) in [7, 11) is 0.907. The Morgan fingerprint density at radius 2 is 1.22 bits per heavy atom. The van der Waals surface area contributed by atoms with Crippen molar-refractivity contribution < 1.29 is 97.1 Å². The maximum atomic E-state index is 14.2. The summed E-state index contributed by atoms with van der Waals surface area (Å²) in [6.07, 6.45) is 6.79. The van der Waals surface area contributed by atoms with E-state index >= 15 is 0 Å². The maximum Gasteiger partial charge on any atom is 0.305 e. The molecule has 3 fully saturated rings. The van der Waals surface area contributed by atoms with Crippen LogP contribution in [0.4, 0.5) is 0 Å². The van der Waals surface area contributed by atoms with Gasteiger partial charge < -0.3 is 88.7 Å². The van der Waals surface area contributed by atoms with Crippen molar-refractivity contribution in [1.29, 1.82) is 0 Å². The molecule has 3 rings (SSSR count). The number of carbonyl (C=O) groups excluding carboxylic acids is 12. The predicted octanol–water partition coefficient (Wildman–Crippen LogP) is -3.31. The quantitative estimate of drug-likeness (QED) is 0.0214. The Labute approximate surface area is 526 Å². The van der Waals surface area contributed by atoms with Crippen LogP contribution in [0.1, 0.15) is 144 Å². The summed E-state index contributed by atoms with van der Waals surface area (Å²) in [5.74, 6) is -18.1. The molecule has 3 saturated heterocycles. The lowest BCUT2D eigenvalue weighted by molar-refractivity contribution is -0.150. The molecule has 3 aliphatic rings. The fourth-order valence-electron chi connectivity index (χ4n) is 10.5. The number of likely N-dealkylation sites (N-methyl/N-ethyl adjacent to an activating group) is 1. The first-order valence-electron chi connectivity index (χ1n) is 30.6. The molecule has 33 heteroatoms. The molecule has 0 spiro atoms. The molecular formula is C58H91N13O20. The Balaban J connectivity index is 1.63. The van der Waals surface area contributed by atoms with Crippen molar-refractivity contribution >= 4 is 94.8 Å². The van der Waals surface area contributed by atoms with Crippen LogP contribution in [0.3, 0.4) is 0 Å². The Kier molecular flexibility index (Phi) is 31.4. The molecular weight excluding hydrogens is 1200 g/mol. The van der Waals surface area contributed by atoms with Crippen molar-refractivity contribution in [3.63, 3.8) is 0 Å². The number of amides is 12. The first-order valence-corrected chi connectivity index (χ1v) is 30.6. The number of hydrogen-bond donors (Lipinski definition) is 14. The van der Waals surface area contributed by atoms with Crippen LogP contribution < -0.4 is 53.6 Å². The summed E-state index contributed by atoms with van der Waals surface area (Å²) >= 11 is 0. The fourth-order valence-corrected chi connectivity index (χ4v) is 10.5. The highest BCUT2D eigenvalue weighted by Gasteiger charge is 2.46. The van der Waals surface area contributed by atoms with E-state index in [1.165, 1.54) is 22.8 Å². The lowest BCUT2D eigenvalue weighted by Gasteiger charge is -2.35. The van der Waals surface area contributed by atoms with Gasteiger partial charge in [-0.1, -0.05) is 65.5 Å². The van der Waals surface area contributed by atoms with Crippen LogP contribution in [0.2, 0.25) is 0 Å². The molecule has 12 amide bonds. The molecule has 0 aromatic rings. The SMILES string of the molecule is CCC(C)CCCCCC=CCC(=O)NC(CC(=O)O)C(=O)N(C)C(CC(=O)O)C(=O)NC(CC(=O)O)C(=O)NCC(=O)NC(CC(=O)O)C(=O)NCC(=O)NC(C(=O)NC(C(=O)N1CCCC1C(=O)NC1C(=O)N2CCCCC2C(=O)NC1C)C(C)C)C(C)N. The summed E-state index contributed by atoms with van der Waals surface area (Å²) in [6.45, 7) is 8.84. The van der Waals surface area contributed by atoms with Gasteiger partial charge in [-0.15, -0.1) is 0 Å². The van der Waals surface area contributed by atoms with Crippen molar-refractivity contribution in [1.82, 2.24) is 62.6 Å². The molecule has 0 aliphatic carbocycles. The predicted molar refractivity (Wildman–Crippen MR) is 320 cm³/mol. The van der Waals surface area contributed by atoms with Gasteiger partial charge in [-0.2, -0.15) is 0 Å². The monoisotopic (exact) mass is 1290 g/mol. The Bertz CT molecular complexity index is 2710. The van der Waals surface area contributed by atoms with E-state index in [1.807, 2.05) is 16.0 Å². The minimum Gasteiger partial charge on any atom is -0.481 e. The molecule has 3 heterocycles. The first-order chi connectivity index (χ1) is 42.8. The molecule has 91 heavy (non-hydrogen) atoms. The molecule has 12 atom stereocenters. The number of piperidine rings is 1. The highest BCUT2D eigenvalue weighted by Crippen LogP contribution is 2.25. The van der Waals surface area contributed by atoms with E-state index in [2.05, 4.69) is 45.7 Å². The van der Waals surface area contributed by atoms with Crippen molar-refractivity contribution in [2.75, 3.05) is 33.2 Å². The molecule has 15 N–H and O–H groups in total. The molecule has 12 unspecified atom stereocenters. The summed E-state index contributed by atoms with van der Waals surface area (Å²) in [5, 5.41) is 59.3. The molecule has 3 aliphatic heterocycles. The smallest absolute Gasteiger partial charge is 0.305 e. The third-order valence-corrected chi connectivity index (χ3v) is 15.8. The zero-order chi connectivity index (χ0) is 68.4. The van der Waals surface area contributed by atoms with Gasteiger partial charge in [-0.05, 0) is 70.6 Å². The molecule has 0 saturated carbocycles. The molecule has 0 radical (unpaired) electrons. The van der Waals surface area contributed by atoms with Crippen molar-refractivity contribution in [3.8, 4) is 0 Å². The zero-order valence-electron chi connectivity index (χ0n) is 52.5. The normalized spacial score (nSPS) is 19.8. The van der Waals surface area contributed by atoms with Crippen molar-refractivity contribution in [2.24, 2.45) is 17.6 Å². The average molecular weight is 1290 g/mol. The van der Waals surface area contributed by atoms with E-state index in [4.69, 9.17) is 5.73 Å². The van der Waals surface area contributed by atoms with Gasteiger partial charge in [-0.25, -0.2) is 0 Å². The van der Waals surface area contributed by atoms with E-state index < -0.39 is 200 Å². The number of aliphatic carboxylic acids is 4. The summed E-state index contributed by atoms with van der Waals surface area (Å²) in [5.41, 5.74) is 6.09. The van der Waals surface area contributed by atoms with Crippen molar-refractivity contribution in [3.05, 3.63) is 12.2 Å². The topological polar surface area (TPSA) is 498 Å². The molecule has 508 valence electrons. The third kappa shape index (κ3) is 24.8. The zero-order valence-corrected chi connectivity index (χ0v) is 52.5. The number of carboxylic acid groups (broad SMARTS) is 4. The summed E-state index contributed by atoms with van der Waals surface area (Å²) in [4.78, 5) is 212. The largest absolute Gasteiger partial charge is 0.481 e. The van der Waals surface area contributed by atoms with E-state index in [1.54, 1.807) is 26.8 Å². The third-order valence-electron chi connectivity index (χ3n) is 15.8. The number of nitrogens with two attached hydrogens (primary N) is 1. The number of carboxylic acids is 4. The standard InChI is InChI=1S/C58H91N13O20/c1-8-31(4)18-13-11-9-10-12-14-21-40(72)64-36(26-45(79)80)56(89)69(7)39(27-46(81)82)54(87)65-35(25-44(77)78)51(84)60-28-41(73)63-34(24-43(75)76)50(83)61-29-42(74)66-48(32(5)59)55(88)67-47(30(2)3)57(90)71-23-17-20-38(71)53(86)68-49-33(6)62-52(85)37-19-15-16-22-70(37)58(49)91/h12,14,30-39,47-49H,8-11,13,15-29,59H2,1-7H3,(H,60,84)(H,61,83)(H,62,85)(H,63,73)(H,64,72)(H,65,87)(H,66,74)(H,67,88)(H,68,86)(H,75,76)(H,77,78)(H,79,80)(H,81,82). The van der Waals surface area contributed by atoms with Gasteiger partial charge in [0, 0.05) is 32.6 Å². The average Bonchev–Trinajstić information content (AvgIpc) is 1.79. The number of unbranched alkanes of at least 4 members (excludes halogenated alkanes) is 3. The van der Waals surface area contributed by atoms with Gasteiger partial charge in [0.1, 0.15) is 54.4 Å². The second-order valence-electron chi connectivity index (χ2n) is 23.6. The van der Waals surface area contributed by atoms with Gasteiger partial charge in [0.05, 0.1) is 44.8 Å². The Hall–Kier alpha value is -8.78. The number of carbonyl (C=O) groups is 16. The van der Waals surface area contributed by atoms with Crippen LogP contribution in [0.25, 0.3) is 0 Å². The van der Waals surface area contributed by atoms with Gasteiger partial charge in [0.25, 0.3) is 0 Å². The van der Waals surface area contributed by atoms with Gasteiger partial charge in [-0.3, -0.25) is 76.7 Å². The number of allylic oxidation sites excluding steroid dienone is 1. The van der Waals surface area contributed by atoms with Crippen molar-refractivity contribution in [2.45, 2.75) is 211 Å². The maximum absolute atomic E-state index is 14.2. The highest BCUT2D eigenvalue weighted by atomic mass is 16.4. The van der Waals surface area contributed by atoms with E-state index in [0.29, 0.717) is 43.0 Å². The summed E-state index contributed by atoms with van der Waals surface area (Å²) in [6, 6.07) is -15.5. The van der Waals surface area contributed by atoms with Gasteiger partial charge in [0.15, 0.2) is 0 Å². The second-order valence-corrected chi connectivity index (χ2v) is 23.6. The fraction of sp³-hybridized carbons (Fsp3) is 0.690. The van der Waals surface area contributed by atoms with Crippen LogP contribution in [-0.2, 0) is 76.7 Å². The van der Waals surface area contributed by atoms with Gasteiger partial charge >= 0.3 is 23.9 Å². The highest BCUT2D eigenvalue weighted by molar-refractivity contribution is 6.01. The number of rotatable bonds is 37. The van der Waals surface area contributed by atoms with E-state index in [9.17, 15) is 97.1 Å². The van der Waals surface area contributed by atoms with E-state index in [0.717, 1.165) is 45.6 Å². The van der Waals surface area contributed by atoms with Crippen LogP contribution in [0.5, 0.6) is 0 Å². The number of hydrogen-bond acceptors (Lipinski definition) is 17. The van der Waals surface area contributed by atoms with Crippen LogP contribution in [0, 0.1) is 11.8 Å². The minimum atomic E-state index is -2.10. The lowest BCUT2D eigenvalue weighted by atomic mass is 10.00. The number of nitrogens with one attached hydrogen (secondary N) is 9.